The second-order valence-electron chi connectivity index (χ2n) is 6.86. The van der Waals surface area contributed by atoms with Gasteiger partial charge in [0.15, 0.2) is 0 Å². The lowest BCUT2D eigenvalue weighted by molar-refractivity contribution is -0.148. The van der Waals surface area contributed by atoms with Crippen LogP contribution in [0.25, 0.3) is 0 Å². The Bertz CT molecular complexity index is 536. The van der Waals surface area contributed by atoms with Crippen LogP contribution in [-0.2, 0) is 16.0 Å². The number of aliphatic carboxylic acids is 1. The summed E-state index contributed by atoms with van der Waals surface area (Å²) in [6.45, 7) is 5.52. The smallest absolute Gasteiger partial charge is 0.312 e. The summed E-state index contributed by atoms with van der Waals surface area (Å²) >= 11 is 0. The van der Waals surface area contributed by atoms with Crippen LogP contribution in [0.4, 0.5) is 0 Å². The van der Waals surface area contributed by atoms with Gasteiger partial charge >= 0.3 is 5.97 Å². The predicted molar refractivity (Wildman–Crippen MR) is 88.5 cm³/mol. The van der Waals surface area contributed by atoms with Crippen LogP contribution in [0.3, 0.4) is 0 Å². The van der Waals surface area contributed by atoms with Crippen LogP contribution >= 0.6 is 0 Å². The Labute approximate surface area is 137 Å². The Hall–Kier alpha value is -1.43. The highest BCUT2D eigenvalue weighted by Crippen LogP contribution is 2.42. The van der Waals surface area contributed by atoms with E-state index in [0.29, 0.717) is 19.7 Å². The fourth-order valence-corrected chi connectivity index (χ4v) is 4.07. The van der Waals surface area contributed by atoms with Crippen molar-refractivity contribution in [1.82, 2.24) is 9.80 Å². The molecule has 0 unspecified atom stereocenters. The van der Waals surface area contributed by atoms with E-state index in [2.05, 4.69) is 34.1 Å². The predicted octanol–water partition coefficient (Wildman–Crippen LogP) is 1.19. The largest absolute Gasteiger partial charge is 0.481 e. The van der Waals surface area contributed by atoms with Crippen LogP contribution in [-0.4, -0.2) is 73.9 Å². The van der Waals surface area contributed by atoms with E-state index in [1.165, 1.54) is 5.56 Å². The van der Waals surface area contributed by atoms with E-state index in [0.717, 1.165) is 32.6 Å². The van der Waals surface area contributed by atoms with Crippen molar-refractivity contribution >= 4 is 5.97 Å². The van der Waals surface area contributed by atoms with Gasteiger partial charge in [-0.2, -0.15) is 0 Å². The second-order valence-corrected chi connectivity index (χ2v) is 6.86. The number of rotatable bonds is 7. The average Bonchev–Trinajstić information content (AvgIpc) is 3.06. The van der Waals surface area contributed by atoms with Gasteiger partial charge in [-0.3, -0.25) is 9.69 Å². The molecule has 2 fully saturated rings. The SMILES string of the molecule is COCCN1C[C@@H]2CN(CCc3ccccc3)C[C@]2(C(=O)O)C1. The molecule has 2 aliphatic rings. The average molecular weight is 318 g/mol. The zero-order valence-electron chi connectivity index (χ0n) is 13.8. The summed E-state index contributed by atoms with van der Waals surface area (Å²) < 4.78 is 5.13. The minimum atomic E-state index is -0.635. The lowest BCUT2D eigenvalue weighted by Gasteiger charge is -2.25. The second kappa shape index (κ2) is 6.99. The number of nitrogens with zero attached hydrogens (tertiary/aromatic N) is 2. The Kier molecular flexibility index (Phi) is 4.99. The minimum Gasteiger partial charge on any atom is -0.481 e. The first-order valence-electron chi connectivity index (χ1n) is 8.35. The van der Waals surface area contributed by atoms with Crippen LogP contribution < -0.4 is 0 Å². The number of carboxylic acid groups (broad SMARTS) is 1. The molecule has 23 heavy (non-hydrogen) atoms. The number of likely N-dealkylation sites (tertiary alicyclic amines) is 2. The number of hydrogen-bond acceptors (Lipinski definition) is 4. The molecule has 0 aromatic heterocycles. The van der Waals surface area contributed by atoms with Crippen LogP contribution in [0.2, 0.25) is 0 Å². The molecule has 126 valence electrons. The van der Waals surface area contributed by atoms with Gasteiger partial charge in [-0.05, 0) is 12.0 Å². The molecule has 1 aromatic rings. The normalized spacial score (nSPS) is 28.1. The fourth-order valence-electron chi connectivity index (χ4n) is 4.07. The molecule has 1 N–H and O–H groups in total. The molecule has 2 heterocycles. The van der Waals surface area contributed by atoms with Gasteiger partial charge in [0.1, 0.15) is 0 Å². The van der Waals surface area contributed by atoms with E-state index in [4.69, 9.17) is 4.74 Å². The Balaban J connectivity index is 1.59. The number of ether oxygens (including phenoxy) is 1. The summed E-state index contributed by atoms with van der Waals surface area (Å²) in [7, 11) is 1.69. The summed E-state index contributed by atoms with van der Waals surface area (Å²) in [4.78, 5) is 16.5. The zero-order chi connectivity index (χ0) is 16.3. The summed E-state index contributed by atoms with van der Waals surface area (Å²) in [5.41, 5.74) is 0.723. The topological polar surface area (TPSA) is 53.0 Å². The molecule has 2 saturated heterocycles. The number of hydrogen-bond donors (Lipinski definition) is 1. The van der Waals surface area contributed by atoms with Crippen LogP contribution in [0.5, 0.6) is 0 Å². The van der Waals surface area contributed by atoms with Crippen molar-refractivity contribution in [1.29, 1.82) is 0 Å². The molecule has 2 atom stereocenters. The third-order valence-electron chi connectivity index (χ3n) is 5.35. The molecule has 0 spiro atoms. The Morgan fingerprint density at radius 1 is 1.22 bits per heavy atom. The van der Waals surface area contributed by atoms with E-state index >= 15 is 0 Å². The Morgan fingerprint density at radius 2 is 1.87 bits per heavy atom. The highest BCUT2D eigenvalue weighted by Gasteiger charge is 2.57. The number of benzene rings is 1. The molecule has 5 heteroatoms. The van der Waals surface area contributed by atoms with Gasteiger partial charge in [0.2, 0.25) is 0 Å². The fraction of sp³-hybridized carbons (Fsp3) is 0.611. The van der Waals surface area contributed by atoms with Gasteiger partial charge < -0.3 is 14.7 Å². The van der Waals surface area contributed by atoms with E-state index in [9.17, 15) is 9.90 Å². The van der Waals surface area contributed by atoms with Gasteiger partial charge in [0.25, 0.3) is 0 Å². The maximum Gasteiger partial charge on any atom is 0.312 e. The van der Waals surface area contributed by atoms with E-state index in [-0.39, 0.29) is 5.92 Å². The number of carbonyl (C=O) groups is 1. The van der Waals surface area contributed by atoms with Crippen molar-refractivity contribution in [3.05, 3.63) is 35.9 Å². The van der Waals surface area contributed by atoms with Gasteiger partial charge in [0.05, 0.1) is 12.0 Å². The highest BCUT2D eigenvalue weighted by molar-refractivity contribution is 5.77. The van der Waals surface area contributed by atoms with Crippen molar-refractivity contribution in [2.45, 2.75) is 6.42 Å². The molecule has 3 rings (SSSR count). The summed E-state index contributed by atoms with van der Waals surface area (Å²) in [5, 5.41) is 9.84. The number of methoxy groups -OCH3 is 1. The van der Waals surface area contributed by atoms with Crippen molar-refractivity contribution in [3.63, 3.8) is 0 Å². The first-order valence-corrected chi connectivity index (χ1v) is 8.35. The molecule has 2 aliphatic heterocycles. The monoisotopic (exact) mass is 318 g/mol. The third kappa shape index (κ3) is 3.42. The molecule has 1 aromatic carbocycles. The van der Waals surface area contributed by atoms with Gasteiger partial charge in [-0.25, -0.2) is 0 Å². The molecule has 0 aliphatic carbocycles. The summed E-state index contributed by atoms with van der Waals surface area (Å²) in [6, 6.07) is 10.4. The maximum absolute atomic E-state index is 12.0. The summed E-state index contributed by atoms with van der Waals surface area (Å²) in [5.74, 6) is -0.405. The molecule has 0 bridgehead atoms. The molecular weight excluding hydrogens is 292 g/mol. The van der Waals surface area contributed by atoms with Crippen molar-refractivity contribution in [2.75, 3.05) is 53.0 Å². The number of carboxylic acids is 1. The first-order chi connectivity index (χ1) is 11.1. The van der Waals surface area contributed by atoms with Crippen molar-refractivity contribution < 1.29 is 14.6 Å². The molecule has 0 amide bonds. The molecule has 0 saturated carbocycles. The third-order valence-corrected chi connectivity index (χ3v) is 5.35. The highest BCUT2D eigenvalue weighted by atomic mass is 16.5. The van der Waals surface area contributed by atoms with Gasteiger partial charge in [-0.1, -0.05) is 30.3 Å². The number of fused-ring (bicyclic) bond motifs is 1. The van der Waals surface area contributed by atoms with Gasteiger partial charge in [-0.15, -0.1) is 0 Å². The lowest BCUT2D eigenvalue weighted by atomic mass is 9.81. The van der Waals surface area contributed by atoms with E-state index in [1.807, 2.05) is 6.07 Å². The zero-order valence-corrected chi connectivity index (χ0v) is 13.8. The van der Waals surface area contributed by atoms with Crippen molar-refractivity contribution in [3.8, 4) is 0 Å². The Morgan fingerprint density at radius 3 is 2.43 bits per heavy atom. The van der Waals surface area contributed by atoms with Crippen LogP contribution in [0.1, 0.15) is 5.56 Å². The van der Waals surface area contributed by atoms with Crippen LogP contribution in [0.15, 0.2) is 30.3 Å². The van der Waals surface area contributed by atoms with Crippen molar-refractivity contribution in [2.24, 2.45) is 11.3 Å². The van der Waals surface area contributed by atoms with Gasteiger partial charge in [0, 0.05) is 52.3 Å². The molecular formula is C18H26N2O3. The van der Waals surface area contributed by atoms with Crippen LogP contribution in [0, 0.1) is 11.3 Å². The van der Waals surface area contributed by atoms with E-state index < -0.39 is 11.4 Å². The minimum absolute atomic E-state index is 0.229. The molecule has 5 nitrogen and oxygen atoms in total. The standard InChI is InChI=1S/C18H26N2O3/c1-23-10-9-20-12-16-11-19(13-18(16,14-20)17(21)22)8-7-15-5-3-2-4-6-15/h2-6,16H,7-14H2,1H3,(H,21,22)/t16-,18-/m0/s1. The lowest BCUT2D eigenvalue weighted by Crippen LogP contribution is -2.41. The van der Waals surface area contributed by atoms with E-state index in [1.54, 1.807) is 7.11 Å². The molecule has 0 radical (unpaired) electrons. The summed E-state index contributed by atoms with van der Waals surface area (Å²) in [6.07, 6.45) is 0.983. The first kappa shape index (κ1) is 16.4. The maximum atomic E-state index is 12.0. The quantitative estimate of drug-likeness (QED) is 0.818.